The van der Waals surface area contributed by atoms with Gasteiger partial charge in [0.25, 0.3) is 5.91 Å². The van der Waals surface area contributed by atoms with E-state index < -0.39 is 10.8 Å². The van der Waals surface area contributed by atoms with E-state index in [4.69, 9.17) is 0 Å². The van der Waals surface area contributed by atoms with Gasteiger partial charge in [0.15, 0.2) is 11.5 Å². The first-order chi connectivity index (χ1) is 15.2. The van der Waals surface area contributed by atoms with Gasteiger partial charge in [0, 0.05) is 18.7 Å². The van der Waals surface area contributed by atoms with Crippen molar-refractivity contribution in [2.75, 3.05) is 5.32 Å². The lowest BCUT2D eigenvalue weighted by atomic mass is 9.82. The molecule has 0 aliphatic carbocycles. The number of aryl methyl sites for hydroxylation is 1. The van der Waals surface area contributed by atoms with Crippen LogP contribution in [-0.2, 0) is 12.5 Å². The number of carbonyl (C=O) groups is 1. The molecule has 3 heterocycles. The Morgan fingerprint density at radius 3 is 2.53 bits per heavy atom. The number of nitrogens with zero attached hydrogens (tertiary/aromatic N) is 5. The molecule has 1 aromatic carbocycles. The summed E-state index contributed by atoms with van der Waals surface area (Å²) in [5.74, 6) is 0.282. The fourth-order valence-electron chi connectivity index (χ4n) is 3.24. The minimum atomic E-state index is -0.521. The second-order valence-corrected chi connectivity index (χ2v) is 9.13. The lowest BCUT2D eigenvalue weighted by molar-refractivity contribution is -0.380. The monoisotopic (exact) mass is 450 g/mol. The second-order valence-electron chi connectivity index (χ2n) is 8.07. The van der Waals surface area contributed by atoms with Gasteiger partial charge in [-0.1, -0.05) is 56.4 Å². The average Bonchev–Trinajstić information content (AvgIpc) is 3.42. The van der Waals surface area contributed by atoms with Crippen molar-refractivity contribution in [3.05, 3.63) is 63.1 Å². The van der Waals surface area contributed by atoms with Gasteiger partial charge in [-0.3, -0.25) is 19.6 Å². The van der Waals surface area contributed by atoms with Crippen molar-refractivity contribution >= 4 is 39.1 Å². The lowest BCUT2D eigenvalue weighted by Crippen LogP contribution is -2.15. The Morgan fingerprint density at radius 2 is 1.91 bits per heavy atom. The maximum absolute atomic E-state index is 12.7. The van der Waals surface area contributed by atoms with E-state index in [-0.39, 0.29) is 15.3 Å². The van der Waals surface area contributed by atoms with E-state index in [1.165, 1.54) is 17.7 Å². The summed E-state index contributed by atoms with van der Waals surface area (Å²) in [5, 5.41) is 18.4. The van der Waals surface area contributed by atoms with Gasteiger partial charge in [-0.25, -0.2) is 9.97 Å². The number of hydrogen-bond donors (Lipinski definition) is 1. The Hall–Kier alpha value is -3.66. The third-order valence-electron chi connectivity index (χ3n) is 5.63. The maximum atomic E-state index is 12.7. The molecule has 0 aliphatic heterocycles. The van der Waals surface area contributed by atoms with Crippen molar-refractivity contribution in [3.8, 4) is 11.4 Å². The Kier molecular flexibility index (Phi) is 5.47. The zero-order valence-corrected chi connectivity index (χ0v) is 18.9. The highest BCUT2D eigenvalue weighted by Crippen LogP contribution is 2.30. The van der Waals surface area contributed by atoms with Crippen molar-refractivity contribution in [3.63, 3.8) is 0 Å². The summed E-state index contributed by atoms with van der Waals surface area (Å²) in [7, 11) is 1.76. The van der Waals surface area contributed by atoms with Gasteiger partial charge < -0.3 is 5.32 Å². The first-order valence-corrected chi connectivity index (χ1v) is 10.9. The van der Waals surface area contributed by atoms with Crippen LogP contribution in [0, 0.1) is 10.1 Å². The quantitative estimate of drug-likeness (QED) is 0.328. The molecule has 1 amide bonds. The summed E-state index contributed by atoms with van der Waals surface area (Å²) in [6.45, 7) is 6.55. The van der Waals surface area contributed by atoms with Gasteiger partial charge in [0.05, 0.1) is 21.4 Å². The highest BCUT2D eigenvalue weighted by Gasteiger charge is 2.20. The summed E-state index contributed by atoms with van der Waals surface area (Å²) < 4.78 is 1.61. The summed E-state index contributed by atoms with van der Waals surface area (Å²) in [6, 6.07) is 10.8. The van der Waals surface area contributed by atoms with E-state index in [1.54, 1.807) is 17.9 Å². The van der Waals surface area contributed by atoms with Crippen molar-refractivity contribution in [2.45, 2.75) is 32.6 Å². The molecule has 3 aromatic heterocycles. The number of thiophene rings is 1. The number of amides is 1. The van der Waals surface area contributed by atoms with Crippen LogP contribution in [-0.4, -0.2) is 30.6 Å². The number of aromatic nitrogens is 4. The number of rotatable bonds is 6. The van der Waals surface area contributed by atoms with Gasteiger partial charge in [-0.05, 0) is 23.5 Å². The number of carbonyl (C=O) groups excluding carboxylic acids is 1. The van der Waals surface area contributed by atoms with Crippen LogP contribution >= 0.6 is 11.3 Å². The molecular weight excluding hydrogens is 428 g/mol. The first kappa shape index (κ1) is 21.6. The molecule has 0 unspecified atom stereocenters. The standard InChI is InChI=1S/C22H22N6O3S/c1-5-22(2,3)14-8-6-13(7-9-14)18-24-19(15-12-23-27(4)20(15)25-18)26-21(29)16-10-11-17(32-16)28(30)31/h6-12H,5H2,1-4H3,(H,24,25,26,29). The highest BCUT2D eigenvalue weighted by molar-refractivity contribution is 7.17. The van der Waals surface area contributed by atoms with Crippen LogP contribution < -0.4 is 5.32 Å². The number of nitro groups is 1. The van der Waals surface area contributed by atoms with Crippen LogP contribution in [0.5, 0.6) is 0 Å². The molecule has 4 rings (SSSR count). The van der Waals surface area contributed by atoms with E-state index >= 15 is 0 Å². The molecule has 0 saturated heterocycles. The fraction of sp³-hybridized carbons (Fsp3) is 0.273. The number of nitrogens with one attached hydrogen (secondary N) is 1. The number of hydrogen-bond acceptors (Lipinski definition) is 7. The van der Waals surface area contributed by atoms with E-state index in [9.17, 15) is 14.9 Å². The average molecular weight is 451 g/mol. The van der Waals surface area contributed by atoms with Crippen LogP contribution in [0.1, 0.15) is 42.4 Å². The highest BCUT2D eigenvalue weighted by atomic mass is 32.1. The number of benzene rings is 1. The van der Waals surface area contributed by atoms with E-state index in [2.05, 4.69) is 53.3 Å². The normalized spacial score (nSPS) is 11.6. The molecule has 0 atom stereocenters. The van der Waals surface area contributed by atoms with Gasteiger partial charge in [0.1, 0.15) is 5.82 Å². The minimum Gasteiger partial charge on any atom is -0.305 e. The summed E-state index contributed by atoms with van der Waals surface area (Å²) in [5.41, 5.74) is 2.66. The van der Waals surface area contributed by atoms with Crippen molar-refractivity contribution in [1.82, 2.24) is 19.7 Å². The van der Waals surface area contributed by atoms with Crippen LogP contribution in [0.2, 0.25) is 0 Å². The summed E-state index contributed by atoms with van der Waals surface area (Å²) in [4.78, 5) is 32.6. The van der Waals surface area contributed by atoms with Gasteiger partial charge in [-0.15, -0.1) is 0 Å². The van der Waals surface area contributed by atoms with Gasteiger partial charge in [-0.2, -0.15) is 5.10 Å². The Labute approximate surface area is 188 Å². The Balaban J connectivity index is 1.72. The summed E-state index contributed by atoms with van der Waals surface area (Å²) in [6.07, 6.45) is 2.60. The molecule has 0 radical (unpaired) electrons. The second kappa shape index (κ2) is 8.12. The SMILES string of the molecule is CCC(C)(C)c1ccc(-c2nc(NC(=O)c3ccc([N+](=O)[O-])s3)c3cnn(C)c3n2)cc1. The molecule has 1 N–H and O–H groups in total. The van der Waals surface area contributed by atoms with Crippen LogP contribution in [0.3, 0.4) is 0 Å². The first-order valence-electron chi connectivity index (χ1n) is 10.1. The third kappa shape index (κ3) is 3.96. The molecule has 164 valence electrons. The Morgan fingerprint density at radius 1 is 1.19 bits per heavy atom. The molecular formula is C22H22N6O3S. The van der Waals surface area contributed by atoms with E-state index in [1.807, 2.05) is 12.1 Å². The van der Waals surface area contributed by atoms with Crippen molar-refractivity contribution in [2.24, 2.45) is 7.05 Å². The molecule has 0 bridgehead atoms. The van der Waals surface area contributed by atoms with Crippen molar-refractivity contribution in [1.29, 1.82) is 0 Å². The topological polar surface area (TPSA) is 116 Å². The van der Waals surface area contributed by atoms with Gasteiger partial charge in [0.2, 0.25) is 0 Å². The molecule has 4 aromatic rings. The molecule has 0 fully saturated rings. The zero-order chi connectivity index (χ0) is 23.0. The molecule has 10 heteroatoms. The minimum absolute atomic E-state index is 0.0633. The van der Waals surface area contributed by atoms with Crippen LogP contribution in [0.25, 0.3) is 22.4 Å². The molecule has 0 saturated carbocycles. The Bertz CT molecular complexity index is 1320. The molecule has 9 nitrogen and oxygen atoms in total. The molecule has 0 spiro atoms. The predicted octanol–water partition coefficient (Wildman–Crippen LogP) is 4.94. The molecule has 32 heavy (non-hydrogen) atoms. The maximum Gasteiger partial charge on any atom is 0.324 e. The third-order valence-corrected chi connectivity index (χ3v) is 6.66. The zero-order valence-electron chi connectivity index (χ0n) is 18.1. The number of fused-ring (bicyclic) bond motifs is 1. The van der Waals surface area contributed by atoms with Crippen LogP contribution in [0.4, 0.5) is 10.8 Å². The number of anilines is 1. The largest absolute Gasteiger partial charge is 0.324 e. The summed E-state index contributed by atoms with van der Waals surface area (Å²) >= 11 is 0.810. The van der Waals surface area contributed by atoms with E-state index in [0.717, 1.165) is 23.3 Å². The van der Waals surface area contributed by atoms with Crippen molar-refractivity contribution < 1.29 is 9.72 Å². The predicted molar refractivity (Wildman–Crippen MR) is 124 cm³/mol. The molecule has 0 aliphatic rings. The smallest absolute Gasteiger partial charge is 0.305 e. The fourth-order valence-corrected chi connectivity index (χ4v) is 3.95. The van der Waals surface area contributed by atoms with Crippen LogP contribution in [0.15, 0.2) is 42.6 Å². The lowest BCUT2D eigenvalue weighted by Gasteiger charge is -2.23. The van der Waals surface area contributed by atoms with E-state index in [0.29, 0.717) is 22.7 Å². The van der Waals surface area contributed by atoms with Gasteiger partial charge >= 0.3 is 5.00 Å².